The number of unbranched alkanes of at least 4 members (excludes halogenated alkanes) is 7. The van der Waals surface area contributed by atoms with Crippen LogP contribution in [0.3, 0.4) is 0 Å². The SMILES string of the molecule is CC/C=C\C/C=C\C/C=C\C/C=C\C/C=C\CCCC(=O)OC(COC(=O)CCCCCCC/C=C\CCC)COP(=O)(O)OCCN. The maximum absolute atomic E-state index is 12.5. The van der Waals surface area contributed by atoms with Crippen molar-refractivity contribution in [2.75, 3.05) is 26.4 Å². The number of esters is 2. The van der Waals surface area contributed by atoms with Gasteiger partial charge in [-0.2, -0.15) is 0 Å². The number of allylic oxidation sites excluding steroid dienone is 12. The quantitative estimate of drug-likeness (QED) is 0.0306. The number of ether oxygens (including phenoxy) is 2. The molecule has 3 N–H and O–H groups in total. The van der Waals surface area contributed by atoms with Gasteiger partial charge in [-0.25, -0.2) is 4.57 Å². The Bertz CT molecular complexity index is 1020. The van der Waals surface area contributed by atoms with Crippen LogP contribution in [0.4, 0.5) is 0 Å². The Labute approximate surface area is 291 Å². The molecule has 0 aliphatic rings. The molecule has 0 saturated carbocycles. The lowest BCUT2D eigenvalue weighted by atomic mass is 10.1. The highest BCUT2D eigenvalue weighted by molar-refractivity contribution is 7.47. The van der Waals surface area contributed by atoms with Crippen LogP contribution in [-0.4, -0.2) is 49.3 Å². The summed E-state index contributed by atoms with van der Waals surface area (Å²) in [5, 5.41) is 0. The van der Waals surface area contributed by atoms with Gasteiger partial charge in [-0.15, -0.1) is 0 Å². The lowest BCUT2D eigenvalue weighted by Gasteiger charge is -2.19. The van der Waals surface area contributed by atoms with Gasteiger partial charge in [-0.1, -0.05) is 112 Å². The standard InChI is InChI=1S/C38H64NO8P/c1-3-5-7-9-11-13-15-16-17-18-19-20-21-23-25-27-29-31-38(41)47-36(35-46-48(42,43)45-33-32-39)34-44-37(40)30-28-26-24-22-14-12-10-8-6-4-2/h5,7-8,10-11,13,16-17,19-20,23,25,36H,3-4,6,9,12,14-15,18,21-22,24,26-35,39H2,1-2H3,(H,42,43)/b7-5-,10-8-,13-11-,17-16-,20-19-,25-23-. The summed E-state index contributed by atoms with van der Waals surface area (Å²) in [5.74, 6) is -0.921. The number of rotatable bonds is 32. The predicted octanol–water partition coefficient (Wildman–Crippen LogP) is 9.54. The van der Waals surface area contributed by atoms with Crippen LogP contribution in [0.25, 0.3) is 0 Å². The Morgan fingerprint density at radius 1 is 0.646 bits per heavy atom. The molecule has 0 heterocycles. The van der Waals surface area contributed by atoms with Gasteiger partial charge in [-0.3, -0.25) is 18.6 Å². The van der Waals surface area contributed by atoms with Crippen LogP contribution in [-0.2, 0) is 32.7 Å². The predicted molar refractivity (Wildman–Crippen MR) is 196 cm³/mol. The highest BCUT2D eigenvalue weighted by atomic mass is 31.2. The summed E-state index contributed by atoms with van der Waals surface area (Å²) in [4.78, 5) is 34.6. The van der Waals surface area contributed by atoms with Crippen molar-refractivity contribution in [3.05, 3.63) is 72.9 Å². The van der Waals surface area contributed by atoms with E-state index in [-0.39, 0.29) is 32.6 Å². The van der Waals surface area contributed by atoms with Gasteiger partial charge in [0.15, 0.2) is 6.10 Å². The lowest BCUT2D eigenvalue weighted by molar-refractivity contribution is -0.161. The van der Waals surface area contributed by atoms with Crippen molar-refractivity contribution in [2.24, 2.45) is 5.73 Å². The molecule has 48 heavy (non-hydrogen) atoms. The highest BCUT2D eigenvalue weighted by Gasteiger charge is 2.25. The molecule has 0 amide bonds. The summed E-state index contributed by atoms with van der Waals surface area (Å²) in [6.07, 6.45) is 39.5. The van der Waals surface area contributed by atoms with Crippen molar-refractivity contribution >= 4 is 19.8 Å². The van der Waals surface area contributed by atoms with Crippen LogP contribution in [0.5, 0.6) is 0 Å². The Morgan fingerprint density at radius 3 is 1.79 bits per heavy atom. The number of nitrogens with two attached hydrogens (primary N) is 1. The third-order valence-corrected chi connectivity index (χ3v) is 7.79. The van der Waals surface area contributed by atoms with Crippen molar-refractivity contribution in [1.82, 2.24) is 0 Å². The van der Waals surface area contributed by atoms with Crippen LogP contribution in [0.2, 0.25) is 0 Å². The summed E-state index contributed by atoms with van der Waals surface area (Å²) >= 11 is 0. The van der Waals surface area contributed by atoms with E-state index in [1.165, 1.54) is 6.42 Å². The fraction of sp³-hybridized carbons (Fsp3) is 0.632. The zero-order valence-corrected chi connectivity index (χ0v) is 30.6. The first-order valence-corrected chi connectivity index (χ1v) is 19.4. The Hall–Kier alpha value is -2.55. The molecule has 0 rings (SSSR count). The van der Waals surface area contributed by atoms with Crippen molar-refractivity contribution in [1.29, 1.82) is 0 Å². The van der Waals surface area contributed by atoms with Gasteiger partial charge in [0.05, 0.1) is 13.2 Å². The molecule has 0 saturated heterocycles. The third kappa shape index (κ3) is 33.4. The second kappa shape index (κ2) is 34.3. The number of carbonyl (C=O) groups is 2. The Balaban J connectivity index is 4.39. The van der Waals surface area contributed by atoms with E-state index in [1.807, 2.05) is 6.08 Å². The van der Waals surface area contributed by atoms with Crippen LogP contribution >= 0.6 is 7.82 Å². The maximum Gasteiger partial charge on any atom is 0.472 e. The molecule has 0 bridgehead atoms. The minimum absolute atomic E-state index is 0.0395. The summed E-state index contributed by atoms with van der Waals surface area (Å²) in [6, 6.07) is 0. The molecule has 2 atom stereocenters. The summed E-state index contributed by atoms with van der Waals surface area (Å²) in [6.45, 7) is 3.43. The van der Waals surface area contributed by atoms with Crippen molar-refractivity contribution in [2.45, 2.75) is 129 Å². The van der Waals surface area contributed by atoms with E-state index in [2.05, 4.69) is 80.7 Å². The van der Waals surface area contributed by atoms with Gasteiger partial charge >= 0.3 is 19.8 Å². The monoisotopic (exact) mass is 693 g/mol. The van der Waals surface area contributed by atoms with Gasteiger partial charge in [-0.05, 0) is 70.6 Å². The van der Waals surface area contributed by atoms with E-state index in [4.69, 9.17) is 24.3 Å². The molecular weight excluding hydrogens is 629 g/mol. The van der Waals surface area contributed by atoms with E-state index in [1.54, 1.807) is 0 Å². The van der Waals surface area contributed by atoms with Gasteiger partial charge in [0, 0.05) is 19.4 Å². The molecule has 0 fully saturated rings. The minimum Gasteiger partial charge on any atom is -0.462 e. The number of phosphoric ester groups is 1. The number of carbonyl (C=O) groups excluding carboxylic acids is 2. The average molecular weight is 694 g/mol. The number of hydrogen-bond acceptors (Lipinski definition) is 8. The van der Waals surface area contributed by atoms with Crippen LogP contribution in [0.15, 0.2) is 72.9 Å². The first-order valence-electron chi connectivity index (χ1n) is 17.9. The zero-order valence-electron chi connectivity index (χ0n) is 29.7. The van der Waals surface area contributed by atoms with Crippen LogP contribution in [0.1, 0.15) is 123 Å². The molecular formula is C38H64NO8P. The lowest BCUT2D eigenvalue weighted by Crippen LogP contribution is -2.29. The van der Waals surface area contributed by atoms with Crippen molar-refractivity contribution in [3.63, 3.8) is 0 Å². The Morgan fingerprint density at radius 2 is 1.17 bits per heavy atom. The highest BCUT2D eigenvalue weighted by Crippen LogP contribution is 2.43. The van der Waals surface area contributed by atoms with Crippen LogP contribution < -0.4 is 5.73 Å². The summed E-state index contributed by atoms with van der Waals surface area (Å²) < 4.78 is 32.5. The van der Waals surface area contributed by atoms with Gasteiger partial charge in [0.2, 0.25) is 0 Å². The molecule has 0 aliphatic carbocycles. The second-order valence-corrected chi connectivity index (χ2v) is 12.8. The Kier molecular flexibility index (Phi) is 32.5. The molecule has 9 nitrogen and oxygen atoms in total. The molecule has 274 valence electrons. The second-order valence-electron chi connectivity index (χ2n) is 11.3. The molecule has 0 aromatic carbocycles. The van der Waals surface area contributed by atoms with E-state index < -0.39 is 32.5 Å². The number of phosphoric acid groups is 1. The molecule has 0 aliphatic heterocycles. The minimum atomic E-state index is -4.39. The van der Waals surface area contributed by atoms with Gasteiger partial charge in [0.1, 0.15) is 6.61 Å². The summed E-state index contributed by atoms with van der Waals surface area (Å²) in [5.41, 5.74) is 5.31. The first kappa shape index (κ1) is 45.5. The van der Waals surface area contributed by atoms with Crippen molar-refractivity contribution in [3.8, 4) is 0 Å². The topological polar surface area (TPSA) is 134 Å². The number of hydrogen-bond donors (Lipinski definition) is 2. The molecule has 0 radical (unpaired) electrons. The third-order valence-electron chi connectivity index (χ3n) is 6.81. The normalized spacial score (nSPS) is 14.3. The van der Waals surface area contributed by atoms with E-state index >= 15 is 0 Å². The average Bonchev–Trinajstić information content (AvgIpc) is 3.07. The molecule has 10 heteroatoms. The van der Waals surface area contributed by atoms with Crippen LogP contribution in [0, 0.1) is 0 Å². The van der Waals surface area contributed by atoms with Gasteiger partial charge < -0.3 is 20.1 Å². The zero-order chi connectivity index (χ0) is 35.4. The van der Waals surface area contributed by atoms with Crippen molar-refractivity contribution < 1.29 is 37.6 Å². The molecule has 0 aromatic heterocycles. The smallest absolute Gasteiger partial charge is 0.462 e. The molecule has 0 spiro atoms. The van der Waals surface area contributed by atoms with E-state index in [0.29, 0.717) is 19.3 Å². The largest absolute Gasteiger partial charge is 0.472 e. The molecule has 2 unspecified atom stereocenters. The van der Waals surface area contributed by atoms with E-state index in [0.717, 1.165) is 70.6 Å². The van der Waals surface area contributed by atoms with Gasteiger partial charge in [0.25, 0.3) is 0 Å². The fourth-order valence-electron chi connectivity index (χ4n) is 4.20. The fourth-order valence-corrected chi connectivity index (χ4v) is 4.96. The first-order chi connectivity index (χ1) is 23.3. The molecule has 0 aromatic rings. The summed E-state index contributed by atoms with van der Waals surface area (Å²) in [7, 11) is -4.39. The van der Waals surface area contributed by atoms with E-state index in [9.17, 15) is 19.0 Å². The maximum atomic E-state index is 12.5.